The first-order valence-corrected chi connectivity index (χ1v) is 13.6. The van der Waals surface area contributed by atoms with Crippen molar-refractivity contribution in [2.45, 2.75) is 38.1 Å². The van der Waals surface area contributed by atoms with Crippen molar-refractivity contribution in [2.75, 3.05) is 7.11 Å². The first-order valence-electron chi connectivity index (χ1n) is 13.6. The van der Waals surface area contributed by atoms with Crippen LogP contribution in [0.25, 0.3) is 0 Å². The van der Waals surface area contributed by atoms with Gasteiger partial charge >= 0.3 is 5.97 Å². The minimum Gasteiger partial charge on any atom is -0.489 e. The maximum atomic E-state index is 13.0. The Morgan fingerprint density at radius 1 is 0.825 bits per heavy atom. The van der Waals surface area contributed by atoms with E-state index in [1.165, 1.54) is 12.7 Å². The minimum absolute atomic E-state index is 0.166. The summed E-state index contributed by atoms with van der Waals surface area (Å²) in [5, 5.41) is 0. The SMILES string of the molecule is C=C1CC2c3cc(OCc4ccccc4)cc(C(=O)OC)c3OC(c3ccc(OCc4ccccc4)cc3)C2C1. The van der Waals surface area contributed by atoms with Gasteiger partial charge in [-0.15, -0.1) is 0 Å². The molecule has 40 heavy (non-hydrogen) atoms. The third kappa shape index (κ3) is 5.32. The highest BCUT2D eigenvalue weighted by Crippen LogP contribution is 2.56. The molecule has 0 saturated heterocycles. The molecule has 0 amide bonds. The Hall–Kier alpha value is -4.51. The van der Waals surface area contributed by atoms with Crippen molar-refractivity contribution in [3.63, 3.8) is 0 Å². The quantitative estimate of drug-likeness (QED) is 0.171. The highest BCUT2D eigenvalue weighted by Gasteiger charge is 2.45. The van der Waals surface area contributed by atoms with Crippen molar-refractivity contribution < 1.29 is 23.7 Å². The fraction of sp³-hybridized carbons (Fsp3) is 0.229. The Morgan fingerprint density at radius 2 is 1.45 bits per heavy atom. The fourth-order valence-corrected chi connectivity index (χ4v) is 5.82. The molecule has 1 heterocycles. The number of allylic oxidation sites excluding steroid dienone is 1. The van der Waals surface area contributed by atoms with E-state index < -0.39 is 5.97 Å². The number of methoxy groups -OCH3 is 1. The van der Waals surface area contributed by atoms with Crippen LogP contribution >= 0.6 is 0 Å². The summed E-state index contributed by atoms with van der Waals surface area (Å²) >= 11 is 0. The first-order chi connectivity index (χ1) is 19.6. The van der Waals surface area contributed by atoms with Gasteiger partial charge in [0.2, 0.25) is 0 Å². The predicted octanol–water partition coefficient (Wildman–Crippen LogP) is 7.81. The minimum atomic E-state index is -0.444. The van der Waals surface area contributed by atoms with Gasteiger partial charge in [-0.2, -0.15) is 0 Å². The molecule has 4 aromatic rings. The number of fused-ring (bicyclic) bond motifs is 3. The first kappa shape index (κ1) is 25.8. The number of hydrogen-bond donors (Lipinski definition) is 0. The van der Waals surface area contributed by atoms with E-state index in [0.29, 0.717) is 30.3 Å². The zero-order valence-corrected chi connectivity index (χ0v) is 22.5. The average molecular weight is 533 g/mol. The highest BCUT2D eigenvalue weighted by atomic mass is 16.5. The number of benzene rings is 4. The molecule has 3 atom stereocenters. The van der Waals surface area contributed by atoms with Crippen LogP contribution in [0.1, 0.15) is 57.5 Å². The fourth-order valence-electron chi connectivity index (χ4n) is 5.82. The van der Waals surface area contributed by atoms with E-state index in [2.05, 4.69) is 18.7 Å². The van der Waals surface area contributed by atoms with Crippen LogP contribution in [-0.4, -0.2) is 13.1 Å². The molecule has 0 aromatic heterocycles. The lowest BCUT2D eigenvalue weighted by Gasteiger charge is -2.37. The largest absolute Gasteiger partial charge is 0.489 e. The molecule has 5 heteroatoms. The number of carbonyl (C=O) groups is 1. The molecule has 1 aliphatic carbocycles. The zero-order valence-electron chi connectivity index (χ0n) is 22.5. The van der Waals surface area contributed by atoms with Crippen LogP contribution in [0.2, 0.25) is 0 Å². The predicted molar refractivity (Wildman–Crippen MR) is 154 cm³/mol. The molecular weight excluding hydrogens is 500 g/mol. The van der Waals surface area contributed by atoms with Gasteiger partial charge in [-0.1, -0.05) is 84.9 Å². The molecule has 1 aliphatic heterocycles. The molecule has 0 radical (unpaired) electrons. The maximum absolute atomic E-state index is 13.0. The van der Waals surface area contributed by atoms with Crippen LogP contribution in [-0.2, 0) is 18.0 Å². The van der Waals surface area contributed by atoms with E-state index in [9.17, 15) is 4.79 Å². The van der Waals surface area contributed by atoms with Crippen LogP contribution in [0.3, 0.4) is 0 Å². The Labute approximate surface area is 235 Å². The van der Waals surface area contributed by atoms with Crippen molar-refractivity contribution in [1.29, 1.82) is 0 Å². The summed E-state index contributed by atoms with van der Waals surface area (Å²) in [7, 11) is 1.39. The summed E-state index contributed by atoms with van der Waals surface area (Å²) < 4.78 is 24.0. The second-order valence-electron chi connectivity index (χ2n) is 10.5. The number of ether oxygens (including phenoxy) is 4. The van der Waals surface area contributed by atoms with E-state index in [0.717, 1.165) is 40.8 Å². The van der Waals surface area contributed by atoms with Crippen molar-refractivity contribution in [1.82, 2.24) is 0 Å². The molecule has 0 bridgehead atoms. The summed E-state index contributed by atoms with van der Waals surface area (Å²) in [6, 6.07) is 31.9. The Kier molecular flexibility index (Phi) is 7.28. The average Bonchev–Trinajstić information content (AvgIpc) is 3.41. The number of esters is 1. The van der Waals surface area contributed by atoms with Crippen LogP contribution in [0.15, 0.2) is 109 Å². The lowest BCUT2D eigenvalue weighted by Crippen LogP contribution is -2.28. The summed E-state index contributed by atoms with van der Waals surface area (Å²) in [5.41, 5.74) is 5.77. The van der Waals surface area contributed by atoms with Gasteiger partial charge in [0.05, 0.1) is 7.11 Å². The lowest BCUT2D eigenvalue weighted by molar-refractivity contribution is 0.0575. The molecule has 0 spiro atoms. The van der Waals surface area contributed by atoms with E-state index in [1.807, 2.05) is 78.9 Å². The highest BCUT2D eigenvalue weighted by molar-refractivity contribution is 5.94. The standard InChI is InChI=1S/C35H32O5/c1-23-17-29-30(18-23)33(26-13-15-27(16-14-26)38-21-24-9-5-3-6-10-24)40-34-31(29)19-28(20-32(34)35(36)37-2)39-22-25-11-7-4-8-12-25/h3-16,19-20,29-30,33H,1,17-18,21-22H2,2H3. The second-order valence-corrected chi connectivity index (χ2v) is 10.5. The Balaban J connectivity index is 1.29. The number of carbonyl (C=O) groups excluding carboxylic acids is 1. The third-order valence-electron chi connectivity index (χ3n) is 7.78. The van der Waals surface area contributed by atoms with Gasteiger partial charge in [-0.25, -0.2) is 4.79 Å². The van der Waals surface area contributed by atoms with E-state index in [1.54, 1.807) is 6.07 Å². The van der Waals surface area contributed by atoms with Gasteiger partial charge in [-0.05, 0) is 59.7 Å². The van der Waals surface area contributed by atoms with Gasteiger partial charge in [0.1, 0.15) is 42.1 Å². The monoisotopic (exact) mass is 532 g/mol. The number of rotatable bonds is 8. The molecule has 6 rings (SSSR count). The normalized spacial score (nSPS) is 19.2. The Bertz CT molecular complexity index is 1490. The van der Waals surface area contributed by atoms with E-state index in [-0.39, 0.29) is 17.9 Å². The maximum Gasteiger partial charge on any atom is 0.341 e. The Morgan fingerprint density at radius 3 is 2.08 bits per heavy atom. The molecule has 3 unspecified atom stereocenters. The molecular formula is C35H32O5. The van der Waals surface area contributed by atoms with Crippen molar-refractivity contribution >= 4 is 5.97 Å². The van der Waals surface area contributed by atoms with E-state index in [4.69, 9.17) is 18.9 Å². The van der Waals surface area contributed by atoms with Crippen molar-refractivity contribution in [3.8, 4) is 17.2 Å². The van der Waals surface area contributed by atoms with Crippen molar-refractivity contribution in [3.05, 3.63) is 137 Å². The smallest absolute Gasteiger partial charge is 0.341 e. The van der Waals surface area contributed by atoms with E-state index >= 15 is 0 Å². The van der Waals surface area contributed by atoms with Gasteiger partial charge in [-0.3, -0.25) is 0 Å². The van der Waals surface area contributed by atoms with Gasteiger partial charge in [0, 0.05) is 11.5 Å². The molecule has 5 nitrogen and oxygen atoms in total. The van der Waals surface area contributed by atoms with Crippen molar-refractivity contribution in [2.24, 2.45) is 5.92 Å². The van der Waals surface area contributed by atoms with Crippen LogP contribution < -0.4 is 14.2 Å². The number of hydrogen-bond acceptors (Lipinski definition) is 5. The molecule has 1 fully saturated rings. The lowest BCUT2D eigenvalue weighted by atomic mass is 9.79. The zero-order chi connectivity index (χ0) is 27.5. The topological polar surface area (TPSA) is 54.0 Å². The summed E-state index contributed by atoms with van der Waals surface area (Å²) in [4.78, 5) is 13.0. The summed E-state index contributed by atoms with van der Waals surface area (Å²) in [5.74, 6) is 1.92. The molecule has 4 aromatic carbocycles. The van der Waals surface area contributed by atoms with Crippen LogP contribution in [0.5, 0.6) is 17.2 Å². The molecule has 2 aliphatic rings. The summed E-state index contributed by atoms with van der Waals surface area (Å²) in [6.07, 6.45) is 1.49. The van der Waals surface area contributed by atoms with Gasteiger partial charge in [0.25, 0.3) is 0 Å². The second kappa shape index (κ2) is 11.3. The molecule has 202 valence electrons. The molecule has 0 N–H and O–H groups in total. The third-order valence-corrected chi connectivity index (χ3v) is 7.78. The van der Waals surface area contributed by atoms with Crippen LogP contribution in [0, 0.1) is 5.92 Å². The summed E-state index contributed by atoms with van der Waals surface area (Å²) in [6.45, 7) is 5.24. The van der Waals surface area contributed by atoms with Gasteiger partial charge < -0.3 is 18.9 Å². The van der Waals surface area contributed by atoms with Gasteiger partial charge in [0.15, 0.2) is 0 Å². The molecule has 1 saturated carbocycles. The van der Waals surface area contributed by atoms with Crippen LogP contribution in [0.4, 0.5) is 0 Å².